The van der Waals surface area contributed by atoms with Gasteiger partial charge in [0.15, 0.2) is 0 Å². The molecule has 2 rings (SSSR count). The fraction of sp³-hybridized carbons (Fsp3) is 0.500. The van der Waals surface area contributed by atoms with Crippen molar-refractivity contribution in [2.75, 3.05) is 11.1 Å². The molecule has 0 aromatic heterocycles. The van der Waals surface area contributed by atoms with E-state index in [1.54, 1.807) is 6.07 Å². The maximum atomic E-state index is 5.87. The second-order valence-electron chi connectivity index (χ2n) is 4.46. The van der Waals surface area contributed by atoms with Crippen LogP contribution in [0, 0.1) is 5.92 Å². The Bertz CT molecular complexity index is 347. The molecule has 0 radical (unpaired) electrons. The maximum absolute atomic E-state index is 5.87. The number of nitrogens with two attached hydrogens (primary N) is 1. The van der Waals surface area contributed by atoms with Gasteiger partial charge in [-0.05, 0) is 37.5 Å². The van der Waals surface area contributed by atoms with Gasteiger partial charge in [-0.1, -0.05) is 24.4 Å². The van der Waals surface area contributed by atoms with Crippen molar-refractivity contribution in [3.05, 3.63) is 23.2 Å². The summed E-state index contributed by atoms with van der Waals surface area (Å²) in [5.41, 5.74) is 7.59. The van der Waals surface area contributed by atoms with E-state index in [0.29, 0.717) is 11.1 Å². The topological polar surface area (TPSA) is 38.0 Å². The largest absolute Gasteiger partial charge is 0.397 e. The van der Waals surface area contributed by atoms with Crippen molar-refractivity contribution in [3.8, 4) is 0 Å². The standard InChI is InChI=1S/C12H17ClN2/c1-8(6-9-2-3-9)15-12-5-4-10(13)7-11(12)14/h4-5,7-9,15H,2-3,6,14H2,1H3. The average molecular weight is 225 g/mol. The molecule has 1 aliphatic carbocycles. The van der Waals surface area contributed by atoms with Crippen LogP contribution in [-0.4, -0.2) is 6.04 Å². The molecule has 1 unspecified atom stereocenters. The third kappa shape index (κ3) is 3.03. The predicted molar refractivity (Wildman–Crippen MR) is 66.3 cm³/mol. The highest BCUT2D eigenvalue weighted by Gasteiger charge is 2.23. The van der Waals surface area contributed by atoms with Crippen LogP contribution in [0.5, 0.6) is 0 Å². The Morgan fingerprint density at radius 3 is 2.87 bits per heavy atom. The SMILES string of the molecule is CC(CC1CC1)Nc1ccc(Cl)cc1N. The van der Waals surface area contributed by atoms with Crippen molar-refractivity contribution in [1.29, 1.82) is 0 Å². The van der Waals surface area contributed by atoms with Crippen LogP contribution >= 0.6 is 11.6 Å². The quantitative estimate of drug-likeness (QED) is 0.768. The predicted octanol–water partition coefficient (Wildman–Crippen LogP) is 3.52. The van der Waals surface area contributed by atoms with Gasteiger partial charge in [0.1, 0.15) is 0 Å². The summed E-state index contributed by atoms with van der Waals surface area (Å²) in [7, 11) is 0. The van der Waals surface area contributed by atoms with Gasteiger partial charge in [-0.15, -0.1) is 0 Å². The lowest BCUT2D eigenvalue weighted by atomic mass is 10.1. The summed E-state index contributed by atoms with van der Waals surface area (Å²) in [6.07, 6.45) is 4.02. The van der Waals surface area contributed by atoms with Gasteiger partial charge in [-0.3, -0.25) is 0 Å². The molecule has 1 aromatic rings. The van der Waals surface area contributed by atoms with Crippen molar-refractivity contribution in [2.45, 2.75) is 32.2 Å². The van der Waals surface area contributed by atoms with Gasteiger partial charge in [0.25, 0.3) is 0 Å². The molecule has 0 spiro atoms. The monoisotopic (exact) mass is 224 g/mol. The van der Waals surface area contributed by atoms with Crippen LogP contribution in [0.1, 0.15) is 26.2 Å². The number of anilines is 2. The van der Waals surface area contributed by atoms with Crippen LogP contribution < -0.4 is 11.1 Å². The number of benzene rings is 1. The molecule has 1 atom stereocenters. The first-order valence-electron chi connectivity index (χ1n) is 5.46. The molecular weight excluding hydrogens is 208 g/mol. The third-order valence-corrected chi connectivity index (χ3v) is 3.03. The summed E-state index contributed by atoms with van der Waals surface area (Å²) >= 11 is 5.84. The second-order valence-corrected chi connectivity index (χ2v) is 4.89. The van der Waals surface area contributed by atoms with Crippen LogP contribution in [0.15, 0.2) is 18.2 Å². The fourth-order valence-electron chi connectivity index (χ4n) is 1.84. The summed E-state index contributed by atoms with van der Waals surface area (Å²) < 4.78 is 0. The Labute approximate surface area is 95.8 Å². The molecule has 0 aliphatic heterocycles. The molecule has 1 aliphatic rings. The van der Waals surface area contributed by atoms with Crippen molar-refractivity contribution in [1.82, 2.24) is 0 Å². The third-order valence-electron chi connectivity index (χ3n) is 2.80. The summed E-state index contributed by atoms with van der Waals surface area (Å²) in [6.45, 7) is 2.20. The highest BCUT2D eigenvalue weighted by atomic mass is 35.5. The molecule has 82 valence electrons. The Morgan fingerprint density at radius 2 is 2.27 bits per heavy atom. The Kier molecular flexibility index (Phi) is 3.06. The van der Waals surface area contributed by atoms with E-state index >= 15 is 0 Å². The minimum absolute atomic E-state index is 0.487. The smallest absolute Gasteiger partial charge is 0.0577 e. The van der Waals surface area contributed by atoms with Crippen molar-refractivity contribution < 1.29 is 0 Å². The highest BCUT2D eigenvalue weighted by Crippen LogP contribution is 2.34. The molecule has 1 fully saturated rings. The highest BCUT2D eigenvalue weighted by molar-refractivity contribution is 6.31. The van der Waals surface area contributed by atoms with Crippen LogP contribution in [0.25, 0.3) is 0 Å². The van der Waals surface area contributed by atoms with E-state index in [4.69, 9.17) is 17.3 Å². The number of nitrogens with one attached hydrogen (secondary N) is 1. The van der Waals surface area contributed by atoms with Crippen LogP contribution in [0.2, 0.25) is 5.02 Å². The average Bonchev–Trinajstić information content (AvgIpc) is 2.94. The lowest BCUT2D eigenvalue weighted by Crippen LogP contribution is -2.16. The first-order valence-corrected chi connectivity index (χ1v) is 5.84. The normalized spacial score (nSPS) is 17.5. The molecule has 1 aromatic carbocycles. The van der Waals surface area contributed by atoms with E-state index in [0.717, 1.165) is 17.3 Å². The lowest BCUT2D eigenvalue weighted by Gasteiger charge is -2.16. The molecule has 15 heavy (non-hydrogen) atoms. The van der Waals surface area contributed by atoms with Crippen molar-refractivity contribution in [3.63, 3.8) is 0 Å². The van der Waals surface area contributed by atoms with Crippen LogP contribution in [-0.2, 0) is 0 Å². The van der Waals surface area contributed by atoms with Gasteiger partial charge >= 0.3 is 0 Å². The molecule has 3 N–H and O–H groups in total. The van der Waals surface area contributed by atoms with E-state index < -0.39 is 0 Å². The zero-order valence-electron chi connectivity index (χ0n) is 8.96. The maximum Gasteiger partial charge on any atom is 0.0577 e. The lowest BCUT2D eigenvalue weighted by molar-refractivity contribution is 0.642. The summed E-state index contributed by atoms with van der Waals surface area (Å²) in [4.78, 5) is 0. The minimum Gasteiger partial charge on any atom is -0.397 e. The first-order chi connectivity index (χ1) is 7.15. The molecule has 1 saturated carbocycles. The van der Waals surface area contributed by atoms with Gasteiger partial charge in [0.05, 0.1) is 11.4 Å². The Balaban J connectivity index is 1.96. The molecule has 0 amide bonds. The van der Waals surface area contributed by atoms with Gasteiger partial charge in [-0.25, -0.2) is 0 Å². The summed E-state index contributed by atoms with van der Waals surface area (Å²) in [5.74, 6) is 0.932. The summed E-state index contributed by atoms with van der Waals surface area (Å²) in [5, 5.41) is 4.11. The van der Waals surface area contributed by atoms with E-state index in [1.165, 1.54) is 19.3 Å². The number of rotatable bonds is 4. The number of hydrogen-bond donors (Lipinski definition) is 2. The van der Waals surface area contributed by atoms with E-state index in [9.17, 15) is 0 Å². The first kappa shape index (κ1) is 10.6. The van der Waals surface area contributed by atoms with Gasteiger partial charge in [0.2, 0.25) is 0 Å². The fourth-order valence-corrected chi connectivity index (χ4v) is 2.02. The van der Waals surface area contributed by atoms with Crippen molar-refractivity contribution >= 4 is 23.0 Å². The van der Waals surface area contributed by atoms with Crippen LogP contribution in [0.4, 0.5) is 11.4 Å². The Morgan fingerprint density at radius 1 is 1.53 bits per heavy atom. The molecular formula is C12H17ClN2. The van der Waals surface area contributed by atoms with Gasteiger partial charge in [0, 0.05) is 11.1 Å². The molecule has 3 heteroatoms. The minimum atomic E-state index is 0.487. The van der Waals surface area contributed by atoms with E-state index in [2.05, 4.69) is 12.2 Å². The number of hydrogen-bond acceptors (Lipinski definition) is 2. The molecule has 0 heterocycles. The number of nitrogen functional groups attached to an aromatic ring is 1. The molecule has 0 saturated heterocycles. The second kappa shape index (κ2) is 4.31. The zero-order valence-corrected chi connectivity index (χ0v) is 9.72. The Hall–Kier alpha value is -0.890. The van der Waals surface area contributed by atoms with Gasteiger partial charge in [-0.2, -0.15) is 0 Å². The van der Waals surface area contributed by atoms with E-state index in [1.807, 2.05) is 12.1 Å². The molecule has 2 nitrogen and oxygen atoms in total. The van der Waals surface area contributed by atoms with Crippen molar-refractivity contribution in [2.24, 2.45) is 5.92 Å². The zero-order chi connectivity index (χ0) is 10.8. The molecule has 0 bridgehead atoms. The van der Waals surface area contributed by atoms with Gasteiger partial charge < -0.3 is 11.1 Å². The number of halogens is 1. The van der Waals surface area contributed by atoms with Crippen LogP contribution in [0.3, 0.4) is 0 Å². The van der Waals surface area contributed by atoms with E-state index in [-0.39, 0.29) is 0 Å². The summed E-state index contributed by atoms with van der Waals surface area (Å²) in [6, 6.07) is 6.08.